The van der Waals surface area contributed by atoms with Crippen molar-refractivity contribution >= 4 is 25.4 Å². The lowest BCUT2D eigenvalue weighted by Crippen LogP contribution is -2.53. The molecule has 2 fully saturated rings. The summed E-state index contributed by atoms with van der Waals surface area (Å²) in [6.07, 6.45) is -1.39. The van der Waals surface area contributed by atoms with E-state index in [1.165, 1.54) is 17.6 Å². The number of anilines is 1. The van der Waals surface area contributed by atoms with E-state index in [-0.39, 0.29) is 23.8 Å². The molecule has 4 heterocycles. The van der Waals surface area contributed by atoms with E-state index >= 15 is 0 Å². The smallest absolute Gasteiger partial charge is 0.432 e. The monoisotopic (exact) mass is 484 g/mol. The van der Waals surface area contributed by atoms with Crippen LogP contribution in [-0.4, -0.2) is 68.2 Å². The SMILES string of the molecule is CC(C)OC(=O)OCOP1(=O)OC[C@H]2O[C@@](C#N)(c3cnc4c(N)ncnn34)[C@](C)(O)[C@@H]2O1. The molecule has 4 rings (SSSR count). The van der Waals surface area contributed by atoms with Gasteiger partial charge in [-0.2, -0.15) is 10.4 Å². The van der Waals surface area contributed by atoms with E-state index < -0.39 is 50.3 Å². The van der Waals surface area contributed by atoms with Crippen molar-refractivity contribution in [2.75, 3.05) is 19.1 Å². The minimum Gasteiger partial charge on any atom is -0.432 e. The van der Waals surface area contributed by atoms with Crippen LogP contribution in [0.5, 0.6) is 0 Å². The summed E-state index contributed by atoms with van der Waals surface area (Å²) in [7, 11) is -4.30. The number of carbonyl (C=O) groups is 1. The zero-order valence-corrected chi connectivity index (χ0v) is 18.7. The van der Waals surface area contributed by atoms with E-state index in [4.69, 9.17) is 28.8 Å². The van der Waals surface area contributed by atoms with Crippen molar-refractivity contribution in [1.82, 2.24) is 19.6 Å². The molecule has 0 aromatic carbocycles. The van der Waals surface area contributed by atoms with E-state index in [9.17, 15) is 19.7 Å². The predicted molar refractivity (Wildman–Crippen MR) is 105 cm³/mol. The Morgan fingerprint density at radius 2 is 2.27 bits per heavy atom. The van der Waals surface area contributed by atoms with Crippen LogP contribution < -0.4 is 5.73 Å². The highest BCUT2D eigenvalue weighted by Crippen LogP contribution is 2.60. The Bertz CT molecular complexity index is 1160. The zero-order chi connectivity index (χ0) is 24.0. The number of rotatable bonds is 5. The van der Waals surface area contributed by atoms with Gasteiger partial charge in [0.2, 0.25) is 12.4 Å². The van der Waals surface area contributed by atoms with Crippen molar-refractivity contribution in [2.24, 2.45) is 0 Å². The second kappa shape index (κ2) is 8.17. The number of nitriles is 1. The maximum Gasteiger partial charge on any atom is 0.510 e. The number of ether oxygens (including phenoxy) is 3. The van der Waals surface area contributed by atoms with Gasteiger partial charge in [-0.05, 0) is 20.8 Å². The Morgan fingerprint density at radius 3 is 2.97 bits per heavy atom. The zero-order valence-electron chi connectivity index (χ0n) is 17.8. The molecule has 33 heavy (non-hydrogen) atoms. The Morgan fingerprint density at radius 1 is 1.52 bits per heavy atom. The molecule has 0 aliphatic carbocycles. The molecular weight excluding hydrogens is 463 g/mol. The number of nitrogen functional groups attached to an aromatic ring is 1. The molecule has 2 aliphatic heterocycles. The lowest BCUT2D eigenvalue weighted by atomic mass is 9.80. The van der Waals surface area contributed by atoms with E-state index in [0.29, 0.717) is 0 Å². The second-order valence-electron chi connectivity index (χ2n) is 7.70. The number of phosphoric acid groups is 1. The molecule has 0 amide bonds. The molecule has 5 atom stereocenters. The molecule has 0 saturated carbocycles. The Labute approximate surface area is 186 Å². The van der Waals surface area contributed by atoms with Crippen molar-refractivity contribution in [3.63, 3.8) is 0 Å². The van der Waals surface area contributed by atoms with Crippen LogP contribution in [0, 0.1) is 11.3 Å². The normalized spacial score (nSPS) is 33.6. The minimum absolute atomic E-state index is 0.0487. The number of imidazole rings is 1. The largest absolute Gasteiger partial charge is 0.510 e. The molecular formula is C17H21N6O9P. The highest BCUT2D eigenvalue weighted by Gasteiger charge is 2.69. The van der Waals surface area contributed by atoms with Crippen molar-refractivity contribution in [3.05, 3.63) is 18.2 Å². The van der Waals surface area contributed by atoms with E-state index in [2.05, 4.69) is 19.8 Å². The number of fused-ring (bicyclic) bond motifs is 2. The van der Waals surface area contributed by atoms with Crippen LogP contribution in [0.2, 0.25) is 0 Å². The molecule has 15 nitrogen and oxygen atoms in total. The molecule has 1 unspecified atom stereocenters. The number of aromatic nitrogens is 4. The third kappa shape index (κ3) is 3.80. The summed E-state index contributed by atoms with van der Waals surface area (Å²) < 4.78 is 45.0. The number of phosphoric ester groups is 1. The lowest BCUT2D eigenvalue weighted by Gasteiger charge is -2.36. The predicted octanol–water partition coefficient (Wildman–Crippen LogP) is 0.634. The second-order valence-corrected chi connectivity index (χ2v) is 9.32. The van der Waals surface area contributed by atoms with Gasteiger partial charge in [0.05, 0.1) is 18.9 Å². The summed E-state index contributed by atoms with van der Waals surface area (Å²) >= 11 is 0. The van der Waals surface area contributed by atoms with Crippen molar-refractivity contribution in [1.29, 1.82) is 5.26 Å². The third-order valence-electron chi connectivity index (χ3n) is 5.14. The Kier molecular flexibility index (Phi) is 5.77. The maximum absolute atomic E-state index is 12.9. The number of hydrogen-bond acceptors (Lipinski definition) is 14. The molecule has 0 radical (unpaired) electrons. The molecule has 2 aromatic rings. The summed E-state index contributed by atoms with van der Waals surface area (Å²) in [4.78, 5) is 19.4. The minimum atomic E-state index is -4.30. The van der Waals surface area contributed by atoms with Crippen molar-refractivity contribution < 1.29 is 42.2 Å². The summed E-state index contributed by atoms with van der Waals surface area (Å²) in [6, 6.07) is 1.96. The van der Waals surface area contributed by atoms with Crippen LogP contribution in [0.3, 0.4) is 0 Å². The summed E-state index contributed by atoms with van der Waals surface area (Å²) in [5.41, 5.74) is 1.86. The molecule has 16 heteroatoms. The molecule has 3 N–H and O–H groups in total. The van der Waals surface area contributed by atoms with Crippen LogP contribution in [-0.2, 0) is 37.9 Å². The molecule has 2 aromatic heterocycles. The molecule has 178 valence electrons. The van der Waals surface area contributed by atoms with Gasteiger partial charge in [0, 0.05) is 0 Å². The number of nitrogens with two attached hydrogens (primary N) is 1. The van der Waals surface area contributed by atoms with Gasteiger partial charge in [-0.15, -0.1) is 0 Å². The van der Waals surface area contributed by atoms with Crippen LogP contribution >= 0.6 is 7.82 Å². The number of hydrogen-bond donors (Lipinski definition) is 2. The standard InChI is InChI=1S/C17H21N6O9P/c1-9(2)30-15(24)27-8-29-33(26)28-5-10-12(32-33)16(3,25)17(6-18,31-10)11-4-20-14-13(19)21-7-22-23(11)14/h4,7,9-10,12,25H,5,8H2,1-3H3,(H2,19,21,22)/t10-,12-,16-,17+,33?/m1/s1. The summed E-state index contributed by atoms with van der Waals surface area (Å²) in [5, 5.41) is 25.5. The molecule has 0 spiro atoms. The van der Waals surface area contributed by atoms with Crippen molar-refractivity contribution in [3.8, 4) is 6.07 Å². The van der Waals surface area contributed by atoms with E-state index in [1.807, 2.05) is 6.07 Å². The average molecular weight is 484 g/mol. The Hall–Kier alpha value is -2.86. The lowest BCUT2D eigenvalue weighted by molar-refractivity contribution is -0.105. The fourth-order valence-electron chi connectivity index (χ4n) is 3.62. The first-order valence-electron chi connectivity index (χ1n) is 9.70. The summed E-state index contributed by atoms with van der Waals surface area (Å²) in [6.45, 7) is 3.36. The Balaban J connectivity index is 1.58. The highest BCUT2D eigenvalue weighted by atomic mass is 31.2. The average Bonchev–Trinajstić information content (AvgIpc) is 3.26. The van der Waals surface area contributed by atoms with Gasteiger partial charge < -0.3 is 25.1 Å². The van der Waals surface area contributed by atoms with Gasteiger partial charge in [0.15, 0.2) is 11.5 Å². The van der Waals surface area contributed by atoms with Gasteiger partial charge in [-0.25, -0.2) is 28.4 Å². The van der Waals surface area contributed by atoms with Gasteiger partial charge in [-0.1, -0.05) is 0 Å². The number of carbonyl (C=O) groups excluding carboxylic acids is 1. The quantitative estimate of drug-likeness (QED) is 0.340. The third-order valence-corrected chi connectivity index (χ3v) is 6.51. The first-order chi connectivity index (χ1) is 15.5. The number of aliphatic hydroxyl groups is 1. The topological polar surface area (TPSA) is 203 Å². The van der Waals surface area contributed by atoms with Gasteiger partial charge in [-0.3, -0.25) is 9.05 Å². The van der Waals surface area contributed by atoms with E-state index in [0.717, 1.165) is 6.33 Å². The fraction of sp³-hybridized carbons (Fsp3) is 0.588. The molecule has 2 aliphatic rings. The number of nitrogens with zero attached hydrogens (tertiary/aromatic N) is 5. The molecule has 0 bridgehead atoms. The maximum atomic E-state index is 12.9. The summed E-state index contributed by atoms with van der Waals surface area (Å²) in [5.74, 6) is 0.0490. The van der Waals surface area contributed by atoms with Crippen molar-refractivity contribution in [2.45, 2.75) is 50.3 Å². The first-order valence-corrected chi connectivity index (χ1v) is 11.2. The van der Waals surface area contributed by atoms with Gasteiger partial charge in [0.25, 0.3) is 0 Å². The highest BCUT2D eigenvalue weighted by molar-refractivity contribution is 7.48. The van der Waals surface area contributed by atoms with Crippen LogP contribution in [0.15, 0.2) is 12.5 Å². The van der Waals surface area contributed by atoms with Crippen LogP contribution in [0.1, 0.15) is 26.5 Å². The fourth-order valence-corrected chi connectivity index (χ4v) is 4.95. The first kappa shape index (κ1) is 23.3. The van der Waals surface area contributed by atoms with Crippen LogP contribution in [0.25, 0.3) is 5.65 Å². The van der Waals surface area contributed by atoms with Gasteiger partial charge >= 0.3 is 14.0 Å². The van der Waals surface area contributed by atoms with E-state index in [1.54, 1.807) is 13.8 Å². The van der Waals surface area contributed by atoms with Gasteiger partial charge in [0.1, 0.15) is 35.9 Å². The van der Waals surface area contributed by atoms with Crippen LogP contribution in [0.4, 0.5) is 10.6 Å². The molecule has 2 saturated heterocycles.